The van der Waals surface area contributed by atoms with Crippen LogP contribution in [0.1, 0.15) is 12.8 Å². The predicted molar refractivity (Wildman–Crippen MR) is 128 cm³/mol. The number of aromatic amines is 2. The summed E-state index contributed by atoms with van der Waals surface area (Å²) in [6.45, 7) is 1.37. The number of rotatable bonds is 7. The number of hydrogen-bond donors (Lipinski definition) is 3. The minimum absolute atomic E-state index is 0.0930. The van der Waals surface area contributed by atoms with Gasteiger partial charge in [-0.3, -0.25) is 9.36 Å². The minimum atomic E-state index is -0.286. The van der Waals surface area contributed by atoms with E-state index in [9.17, 15) is 9.59 Å². The summed E-state index contributed by atoms with van der Waals surface area (Å²) in [5, 5.41) is 12.9. The van der Waals surface area contributed by atoms with E-state index in [0.29, 0.717) is 39.3 Å². The summed E-state index contributed by atoms with van der Waals surface area (Å²) >= 11 is 7.35. The molecule has 3 N–H and O–H groups in total. The fourth-order valence-corrected chi connectivity index (χ4v) is 4.68. The van der Waals surface area contributed by atoms with Gasteiger partial charge in [-0.15, -0.1) is 10.2 Å². The molecule has 1 fully saturated rings. The van der Waals surface area contributed by atoms with Crippen molar-refractivity contribution in [2.45, 2.75) is 30.6 Å². The molecule has 2 aromatic heterocycles. The lowest BCUT2D eigenvalue weighted by atomic mass is 10.2. The number of carbonyl (C=O) groups is 1. The van der Waals surface area contributed by atoms with E-state index in [4.69, 9.17) is 16.3 Å². The fourth-order valence-electron chi connectivity index (χ4n) is 3.80. The quantitative estimate of drug-likeness (QED) is 0.344. The van der Waals surface area contributed by atoms with Crippen LogP contribution in [0.2, 0.25) is 5.02 Å². The largest absolute Gasteiger partial charge is 0.376 e. The molecule has 1 aliphatic heterocycles. The van der Waals surface area contributed by atoms with Crippen LogP contribution < -0.4 is 11.0 Å². The summed E-state index contributed by atoms with van der Waals surface area (Å²) in [5.41, 5.74) is 2.53. The molecular weight excluding hydrogens is 464 g/mol. The molecule has 170 valence electrons. The number of halogens is 1. The van der Waals surface area contributed by atoms with Crippen molar-refractivity contribution in [1.82, 2.24) is 24.7 Å². The van der Waals surface area contributed by atoms with Crippen molar-refractivity contribution in [2.24, 2.45) is 0 Å². The van der Waals surface area contributed by atoms with Gasteiger partial charge < -0.3 is 20.0 Å². The van der Waals surface area contributed by atoms with Gasteiger partial charge in [-0.2, -0.15) is 0 Å². The van der Waals surface area contributed by atoms with Crippen LogP contribution in [0.4, 0.5) is 5.69 Å². The van der Waals surface area contributed by atoms with E-state index >= 15 is 0 Å². The highest BCUT2D eigenvalue weighted by atomic mass is 35.5. The number of aromatic nitrogens is 5. The number of ether oxygens (including phenoxy) is 1. The summed E-state index contributed by atoms with van der Waals surface area (Å²) in [6.07, 6.45) is 2.10. The number of H-pyrrole nitrogens is 2. The zero-order chi connectivity index (χ0) is 22.8. The Hall–Kier alpha value is -3.08. The number of amides is 1. The summed E-state index contributed by atoms with van der Waals surface area (Å²) < 4.78 is 7.83. The standard InChI is InChI=1S/C22H21ClN6O3S/c23-14-5-3-13(4-6-14)20-27-28-22(29(20)11-16-2-1-9-32-16)33-12-19(30)24-15-7-8-17-18(10-15)26-21(31)25-17/h3-8,10,16H,1-2,9,11-12H2,(H,24,30)(H2,25,26,31)/t16-/m1/s1. The van der Waals surface area contributed by atoms with Crippen molar-refractivity contribution in [2.75, 3.05) is 17.7 Å². The molecule has 1 amide bonds. The fraction of sp³-hybridized carbons (Fsp3) is 0.273. The van der Waals surface area contributed by atoms with E-state index in [1.165, 1.54) is 11.8 Å². The van der Waals surface area contributed by atoms with E-state index in [2.05, 4.69) is 25.5 Å². The molecule has 0 aliphatic carbocycles. The zero-order valence-corrected chi connectivity index (χ0v) is 19.1. The maximum absolute atomic E-state index is 12.6. The van der Waals surface area contributed by atoms with E-state index in [0.717, 1.165) is 25.0 Å². The average Bonchev–Trinajstić information content (AvgIpc) is 3.53. The van der Waals surface area contributed by atoms with Crippen molar-refractivity contribution in [3.8, 4) is 11.4 Å². The van der Waals surface area contributed by atoms with Crippen LogP contribution in [-0.2, 0) is 16.1 Å². The van der Waals surface area contributed by atoms with Crippen LogP contribution in [-0.4, -0.2) is 49.1 Å². The Morgan fingerprint density at radius 2 is 2.00 bits per heavy atom. The first-order valence-electron chi connectivity index (χ1n) is 10.5. The molecule has 1 atom stereocenters. The van der Waals surface area contributed by atoms with Crippen LogP contribution in [0.25, 0.3) is 22.4 Å². The Labute approximate surface area is 197 Å². The van der Waals surface area contributed by atoms with Gasteiger partial charge in [-0.25, -0.2) is 4.79 Å². The third-order valence-electron chi connectivity index (χ3n) is 5.36. The topological polar surface area (TPSA) is 118 Å². The SMILES string of the molecule is O=C(CSc1nnc(-c2ccc(Cl)cc2)n1C[C@H]1CCCO1)Nc1ccc2[nH]c(=O)[nH]c2c1. The molecular formula is C22H21ClN6O3S. The summed E-state index contributed by atoms with van der Waals surface area (Å²) in [7, 11) is 0. The van der Waals surface area contributed by atoms with Crippen molar-refractivity contribution in [3.63, 3.8) is 0 Å². The lowest BCUT2D eigenvalue weighted by Gasteiger charge is -2.14. The first kappa shape index (κ1) is 21.7. The van der Waals surface area contributed by atoms with Crippen molar-refractivity contribution in [3.05, 3.63) is 58.0 Å². The van der Waals surface area contributed by atoms with Crippen LogP contribution in [0.15, 0.2) is 52.4 Å². The van der Waals surface area contributed by atoms with E-state index in [1.54, 1.807) is 18.2 Å². The monoisotopic (exact) mass is 484 g/mol. The highest BCUT2D eigenvalue weighted by molar-refractivity contribution is 7.99. The summed E-state index contributed by atoms with van der Waals surface area (Å²) in [4.78, 5) is 29.4. The molecule has 0 saturated carbocycles. The Balaban J connectivity index is 1.31. The van der Waals surface area contributed by atoms with Gasteiger partial charge in [-0.05, 0) is 55.3 Å². The van der Waals surface area contributed by atoms with Gasteiger partial charge >= 0.3 is 5.69 Å². The van der Waals surface area contributed by atoms with Gasteiger partial charge in [0.25, 0.3) is 0 Å². The second kappa shape index (κ2) is 9.42. The molecule has 1 saturated heterocycles. The molecule has 0 bridgehead atoms. The van der Waals surface area contributed by atoms with Crippen LogP contribution in [0.5, 0.6) is 0 Å². The average molecular weight is 485 g/mol. The third kappa shape index (κ3) is 4.97. The number of fused-ring (bicyclic) bond motifs is 1. The number of thioether (sulfide) groups is 1. The number of benzene rings is 2. The molecule has 9 nitrogen and oxygen atoms in total. The molecule has 0 unspecified atom stereocenters. The lowest BCUT2D eigenvalue weighted by Crippen LogP contribution is -2.18. The van der Waals surface area contributed by atoms with Crippen molar-refractivity contribution < 1.29 is 9.53 Å². The number of hydrogen-bond acceptors (Lipinski definition) is 6. The highest BCUT2D eigenvalue weighted by Crippen LogP contribution is 2.27. The molecule has 3 heterocycles. The van der Waals surface area contributed by atoms with E-state index in [1.807, 2.05) is 28.8 Å². The Kier molecular flexibility index (Phi) is 6.21. The Morgan fingerprint density at radius 3 is 2.79 bits per heavy atom. The molecule has 1 aliphatic rings. The summed E-state index contributed by atoms with van der Waals surface area (Å²) in [6, 6.07) is 12.6. The van der Waals surface area contributed by atoms with Crippen molar-refractivity contribution in [1.29, 1.82) is 0 Å². The van der Waals surface area contributed by atoms with Gasteiger partial charge in [0.2, 0.25) is 5.91 Å². The van der Waals surface area contributed by atoms with Crippen LogP contribution >= 0.6 is 23.4 Å². The molecule has 33 heavy (non-hydrogen) atoms. The molecule has 4 aromatic rings. The smallest absolute Gasteiger partial charge is 0.323 e. The van der Waals surface area contributed by atoms with Gasteiger partial charge in [-0.1, -0.05) is 23.4 Å². The molecule has 0 spiro atoms. The van der Waals surface area contributed by atoms with Gasteiger partial charge in [0.05, 0.1) is 29.4 Å². The van der Waals surface area contributed by atoms with Crippen LogP contribution in [0.3, 0.4) is 0 Å². The van der Waals surface area contributed by atoms with Crippen LogP contribution in [0, 0.1) is 0 Å². The predicted octanol–water partition coefficient (Wildman–Crippen LogP) is 3.68. The second-order valence-electron chi connectivity index (χ2n) is 7.74. The highest BCUT2D eigenvalue weighted by Gasteiger charge is 2.22. The number of nitrogens with zero attached hydrogens (tertiary/aromatic N) is 3. The molecule has 11 heteroatoms. The van der Waals surface area contributed by atoms with Gasteiger partial charge in [0, 0.05) is 22.9 Å². The van der Waals surface area contributed by atoms with E-state index < -0.39 is 0 Å². The summed E-state index contributed by atoms with van der Waals surface area (Å²) in [5.74, 6) is 0.690. The second-order valence-corrected chi connectivity index (χ2v) is 9.11. The molecule has 2 aromatic carbocycles. The van der Waals surface area contributed by atoms with E-state index in [-0.39, 0.29) is 23.5 Å². The zero-order valence-electron chi connectivity index (χ0n) is 17.5. The molecule has 5 rings (SSSR count). The van der Waals surface area contributed by atoms with Gasteiger partial charge in [0.1, 0.15) is 0 Å². The number of carbonyl (C=O) groups excluding carboxylic acids is 1. The van der Waals surface area contributed by atoms with Crippen molar-refractivity contribution >= 4 is 46.0 Å². The maximum atomic E-state index is 12.6. The number of nitrogens with one attached hydrogen (secondary N) is 3. The number of anilines is 1. The Bertz CT molecular complexity index is 1340. The lowest BCUT2D eigenvalue weighted by molar-refractivity contribution is -0.113. The van der Waals surface area contributed by atoms with Gasteiger partial charge in [0.15, 0.2) is 11.0 Å². The Morgan fingerprint density at radius 1 is 1.18 bits per heavy atom. The normalized spacial score (nSPS) is 15.8. The first-order valence-corrected chi connectivity index (χ1v) is 11.9. The minimum Gasteiger partial charge on any atom is -0.376 e. The first-order chi connectivity index (χ1) is 16.0. The maximum Gasteiger partial charge on any atom is 0.323 e. The number of imidazole rings is 1. The molecule has 0 radical (unpaired) electrons. The third-order valence-corrected chi connectivity index (χ3v) is 6.58.